The van der Waals surface area contributed by atoms with Gasteiger partial charge in [0, 0.05) is 71.0 Å². The van der Waals surface area contributed by atoms with E-state index in [2.05, 4.69) is 242 Å². The van der Waals surface area contributed by atoms with Gasteiger partial charge in [-0.2, -0.15) is 0 Å². The van der Waals surface area contributed by atoms with Crippen molar-refractivity contribution in [2.75, 3.05) is 0 Å². The van der Waals surface area contributed by atoms with E-state index in [0.29, 0.717) is 11.6 Å². The van der Waals surface area contributed by atoms with Gasteiger partial charge in [0.15, 0.2) is 11.6 Å². The van der Waals surface area contributed by atoms with Gasteiger partial charge >= 0.3 is 248 Å². The quantitative estimate of drug-likeness (QED) is 0.0216. The Morgan fingerprint density at radius 2 is 0.713 bits per heavy atom. The van der Waals surface area contributed by atoms with E-state index >= 15 is 0 Å². The van der Waals surface area contributed by atoms with Gasteiger partial charge in [-0.3, -0.25) is 9.59 Å². The number of carbonyl (C=O) groups is 2. The normalized spacial score (nSPS) is 12.6. The number of hydrogen-bond acceptors (Lipinski definition) is 14. The summed E-state index contributed by atoms with van der Waals surface area (Å²) in [5, 5.41) is 8.90. The molecule has 0 saturated heterocycles. The summed E-state index contributed by atoms with van der Waals surface area (Å²) in [7, 11) is 0. The topological polar surface area (TPSA) is 34.1 Å². The van der Waals surface area contributed by atoms with E-state index < -0.39 is 18.4 Å². The van der Waals surface area contributed by atoms with Crippen LogP contribution < -0.4 is 2.89 Å². The number of halogens is 2. The molecule has 0 aliphatic carbocycles. The summed E-state index contributed by atoms with van der Waals surface area (Å²) in [5.74, 6) is 0.922. The monoisotopic (exact) mass is 2200 g/mol. The van der Waals surface area contributed by atoms with Crippen LogP contribution in [-0.4, -0.2) is 51.1 Å². The minimum atomic E-state index is -2.12. The predicted octanol–water partition coefficient (Wildman–Crippen LogP) is 40.8. The first-order valence-electron chi connectivity index (χ1n) is 46.8. The van der Waals surface area contributed by atoms with Crippen LogP contribution in [0.2, 0.25) is 19.3 Å². The van der Waals surface area contributed by atoms with Gasteiger partial charge in [-0.25, -0.2) is 0 Å². The van der Waals surface area contributed by atoms with E-state index in [1.54, 1.807) is 110 Å². The zero-order chi connectivity index (χ0) is 86.4. The van der Waals surface area contributed by atoms with Crippen LogP contribution in [0, 0.1) is 25.7 Å². The third-order valence-electron chi connectivity index (χ3n) is 24.3. The second-order valence-electron chi connectivity index (χ2n) is 35.0. The number of fused-ring (bicyclic) bond motifs is 6. The number of aryl methyl sites for hydroxylation is 6. The molecule has 0 aliphatic heterocycles. The average Bonchev–Trinajstić information content (AvgIpc) is 1.59. The minimum absolute atomic E-state index is 0.115. The van der Waals surface area contributed by atoms with E-state index in [1.165, 1.54) is 273 Å². The molecule has 0 bridgehead atoms. The van der Waals surface area contributed by atoms with Gasteiger partial charge < -0.3 is 0 Å². The molecule has 0 N–H and O–H groups in total. The SMILES string of the molecule is CCCCC(CC)C(=O)c1cc2c(-c3ccc(Br)s3)sc(-c3ccc(Br)s3)c2s1.CCCCCCCCc1c2c[c]([Sn]([CH3])([CH3])[CH3])sc2c(CCCCCCCC)c2cc([CH2][Sn][CH2]C)sc12.CCCCCCCCc1c2cc(-c3ccc(-c4sc(-c5ccc(C)s5)c5cc(C(=O)C(CC)CCCC)sc45)s3)sc2c(CCCCCCCC)c2cc(C)sc12. The van der Waals surface area contributed by atoms with E-state index in [9.17, 15) is 9.59 Å². The van der Waals surface area contributed by atoms with Crippen molar-refractivity contribution >= 4 is 282 Å². The Labute approximate surface area is 812 Å². The molecular formula is C104H134Br2O2S12Sn2. The van der Waals surface area contributed by atoms with Crippen LogP contribution >= 0.6 is 168 Å². The largest absolute Gasteiger partial charge is 0.293 e. The fraction of sp³-hybridized carbons (Fsp3) is 0.519. The average molecular weight is 2200 g/mol. The van der Waals surface area contributed by atoms with Crippen LogP contribution in [0.1, 0.15) is 324 Å². The summed E-state index contributed by atoms with van der Waals surface area (Å²) >= 11 is 27.9. The van der Waals surface area contributed by atoms with Crippen LogP contribution in [0.3, 0.4) is 0 Å². The van der Waals surface area contributed by atoms with Gasteiger partial charge in [0.2, 0.25) is 0 Å². The molecule has 14 aromatic rings. The molecule has 2 unspecified atom stereocenters. The summed E-state index contributed by atoms with van der Waals surface area (Å²) in [6.45, 7) is 24.9. The van der Waals surface area contributed by atoms with Gasteiger partial charge in [0.25, 0.3) is 0 Å². The Bertz CT molecular complexity index is 5420. The molecular weight excluding hydrogens is 2060 g/mol. The smallest absolute Gasteiger partial charge is 0.175 e. The van der Waals surface area contributed by atoms with Crippen molar-refractivity contribution in [3.05, 3.63) is 139 Å². The molecule has 0 spiro atoms. The summed E-state index contributed by atoms with van der Waals surface area (Å²) in [6, 6.07) is 32.7. The second kappa shape index (κ2) is 49.7. The third kappa shape index (κ3) is 25.6. The third-order valence-corrected chi connectivity index (χ3v) is 53.7. The van der Waals surface area contributed by atoms with Crippen LogP contribution in [0.25, 0.3) is 109 Å². The van der Waals surface area contributed by atoms with Gasteiger partial charge in [-0.15, -0.1) is 113 Å². The fourth-order valence-corrected chi connectivity index (χ4v) is 40.9. The van der Waals surface area contributed by atoms with Crippen LogP contribution in [-0.2, 0) is 30.1 Å². The number of ketones is 2. The molecule has 2 radical (unpaired) electrons. The van der Waals surface area contributed by atoms with Gasteiger partial charge in [-0.05, 0) is 192 Å². The Kier molecular flexibility index (Phi) is 40.4. The zero-order valence-electron chi connectivity index (χ0n) is 75.6. The van der Waals surface area contributed by atoms with Gasteiger partial charge in [-0.1, -0.05) is 131 Å². The number of hydrogen-bond donors (Lipinski definition) is 0. The summed E-state index contributed by atoms with van der Waals surface area (Å²) in [4.78, 5) is 54.5. The molecule has 12 heterocycles. The number of unbranched alkanes of at least 4 members (excludes halogenated alkanes) is 22. The molecule has 122 heavy (non-hydrogen) atoms. The fourth-order valence-electron chi connectivity index (χ4n) is 17.3. The molecule has 12 aromatic heterocycles. The molecule has 0 aliphatic rings. The van der Waals surface area contributed by atoms with Gasteiger partial charge in [0.05, 0.1) is 46.2 Å². The number of rotatable bonds is 49. The van der Waals surface area contributed by atoms with Crippen molar-refractivity contribution < 1.29 is 9.59 Å². The first-order chi connectivity index (χ1) is 59.3. The maximum absolute atomic E-state index is 13.9. The second-order valence-corrected chi connectivity index (χ2v) is 70.8. The molecule has 2 nitrogen and oxygen atoms in total. The number of benzene rings is 2. The van der Waals surface area contributed by atoms with Crippen molar-refractivity contribution in [3.8, 4) is 48.8 Å². The van der Waals surface area contributed by atoms with Gasteiger partial charge in [0.1, 0.15) is 0 Å². The molecule has 18 heteroatoms. The Hall–Kier alpha value is -1.70. The van der Waals surface area contributed by atoms with E-state index in [1.807, 2.05) is 56.7 Å². The predicted molar refractivity (Wildman–Crippen MR) is 577 cm³/mol. The minimum Gasteiger partial charge on any atom is -0.293 e. The van der Waals surface area contributed by atoms with Crippen molar-refractivity contribution in [2.45, 2.75) is 331 Å². The van der Waals surface area contributed by atoms with Crippen LogP contribution in [0.4, 0.5) is 0 Å². The summed E-state index contributed by atoms with van der Waals surface area (Å²) < 4.78 is 16.0. The van der Waals surface area contributed by atoms with Crippen LogP contribution in [0.15, 0.2) is 92.5 Å². The molecule has 656 valence electrons. The Balaban J connectivity index is 0.000000180. The number of carbonyl (C=O) groups excluding carboxylic acids is 2. The van der Waals surface area contributed by atoms with Crippen molar-refractivity contribution in [2.24, 2.45) is 11.8 Å². The maximum Gasteiger partial charge on any atom is 0.175 e. The molecule has 0 fully saturated rings. The van der Waals surface area contributed by atoms with Crippen molar-refractivity contribution in [1.82, 2.24) is 0 Å². The number of thiophene rings is 12. The van der Waals surface area contributed by atoms with Crippen molar-refractivity contribution in [3.63, 3.8) is 0 Å². The summed E-state index contributed by atoms with van der Waals surface area (Å²) in [5.41, 5.74) is 6.68. The Morgan fingerprint density at radius 1 is 0.328 bits per heavy atom. The first-order valence-corrected chi connectivity index (χ1v) is 72.3. The molecule has 0 saturated carbocycles. The summed E-state index contributed by atoms with van der Waals surface area (Å²) in [6.07, 6.45) is 46.0. The maximum atomic E-state index is 13.9. The van der Waals surface area contributed by atoms with E-state index in [4.69, 9.17) is 0 Å². The van der Waals surface area contributed by atoms with Crippen molar-refractivity contribution in [1.29, 1.82) is 0 Å². The molecule has 2 aromatic carbocycles. The molecule has 2 atom stereocenters. The number of Topliss-reactive ketones (excluding diaryl/α,β-unsaturated/α-hetero) is 2. The Morgan fingerprint density at radius 3 is 1.15 bits per heavy atom. The van der Waals surface area contributed by atoms with Crippen LogP contribution in [0.5, 0.6) is 0 Å². The van der Waals surface area contributed by atoms with E-state index in [0.717, 1.165) is 68.7 Å². The first kappa shape index (κ1) is 99.3. The zero-order valence-corrected chi connectivity index (χ0v) is 94.3. The van der Waals surface area contributed by atoms with E-state index in [-0.39, 0.29) is 33.0 Å². The molecule has 14 rings (SSSR count). The molecule has 0 amide bonds. The standard InChI is InChI=1S/C50H62OS6.C27H38S2.C22H20Br2OS4.C2H5.3CH3.2Sn/c1-7-11-14-16-18-20-23-35-37-29-33(6)53-46(37)36(24-21-19-17-15-12-8-2)38-30-43(55-47(35)38)40-27-28-42(54-40)50-49-39(48(57-50)41-26-25-32(5)52-41)31-44(56-49)45(51)34(10-4)22-13-9-3;1-4-6-8-10-12-14-16-22-24-18-19-28-26(24)23(17-15-13-11-9-7-5-2)25-20-21(3)29-27(22)25;1-3-5-6-12(4-2)19(25)16-11-13-20(14-7-9-17(23)26-14)29-22(21(13)28-16)15-8-10-18(24)27-15;1-2;;;;;/h25-31,34H,7-24H2,1-6H3;18,20H,3-17H2,1-2H3;7-12H,3-6H2,1-2H3;1H2,2H3;3*1H3;;.